The third-order valence-corrected chi connectivity index (χ3v) is 7.22. The van der Waals surface area contributed by atoms with E-state index >= 15 is 4.39 Å². The van der Waals surface area contributed by atoms with Crippen molar-refractivity contribution < 1.29 is 23.1 Å². The molecule has 2 aromatic carbocycles. The Morgan fingerprint density at radius 1 is 1.31 bits per heavy atom. The van der Waals surface area contributed by atoms with E-state index in [0.29, 0.717) is 44.7 Å². The third kappa shape index (κ3) is 4.33. The fraction of sp³-hybridized carbons (Fsp3) is 0.207. The van der Waals surface area contributed by atoms with Gasteiger partial charge in [0.25, 0.3) is 0 Å². The minimum atomic E-state index is -0.634. The summed E-state index contributed by atoms with van der Waals surface area (Å²) in [6, 6.07) is 6.46. The highest BCUT2D eigenvalue weighted by molar-refractivity contribution is 6.32. The van der Waals surface area contributed by atoms with Crippen molar-refractivity contribution in [1.82, 2.24) is 19.4 Å². The lowest BCUT2D eigenvalue weighted by Crippen LogP contribution is -2.22. The normalized spacial score (nSPS) is 13.8. The number of hydrogen-bond acceptors (Lipinski definition) is 6. The summed E-state index contributed by atoms with van der Waals surface area (Å²) in [4.78, 5) is 36.2. The van der Waals surface area contributed by atoms with Crippen molar-refractivity contribution in [1.29, 1.82) is 0 Å². The van der Waals surface area contributed by atoms with Crippen LogP contribution in [-0.2, 0) is 16.1 Å². The SMILES string of the molecule is CN(C)CCOC(=O)c1c(C2=CC=CCC2=O)c2c3occc3c(F)cc2n1Cc1cc2[nH]cnc2cc1Cl. The number of rotatable bonds is 7. The lowest BCUT2D eigenvalue weighted by Gasteiger charge is -2.15. The Morgan fingerprint density at radius 3 is 2.95 bits per heavy atom. The molecule has 0 saturated heterocycles. The van der Waals surface area contributed by atoms with Gasteiger partial charge in [0, 0.05) is 35.7 Å². The number of furan rings is 1. The van der Waals surface area contributed by atoms with Gasteiger partial charge in [-0.3, -0.25) is 4.79 Å². The molecule has 39 heavy (non-hydrogen) atoms. The number of likely N-dealkylation sites (N-methyl/N-ethyl adjacent to an activating group) is 1. The fourth-order valence-corrected chi connectivity index (χ4v) is 5.21. The number of H-pyrrole nitrogens is 1. The topological polar surface area (TPSA) is 93.4 Å². The van der Waals surface area contributed by atoms with Crippen molar-refractivity contribution in [3.05, 3.63) is 82.7 Å². The summed E-state index contributed by atoms with van der Waals surface area (Å²) in [7, 11) is 3.75. The van der Waals surface area contributed by atoms with Crippen LogP contribution in [0.25, 0.3) is 38.5 Å². The van der Waals surface area contributed by atoms with E-state index in [1.807, 2.05) is 25.1 Å². The van der Waals surface area contributed by atoms with Crippen LogP contribution in [-0.4, -0.2) is 58.4 Å². The van der Waals surface area contributed by atoms with Crippen molar-refractivity contribution in [2.75, 3.05) is 27.2 Å². The molecule has 0 fully saturated rings. The molecule has 1 N–H and O–H groups in total. The predicted octanol–water partition coefficient (Wildman–Crippen LogP) is 5.74. The molecule has 8 nitrogen and oxygen atoms in total. The maximum absolute atomic E-state index is 15.3. The average molecular weight is 547 g/mol. The standard InChI is InChI=1S/C29H24ClFN4O4/c1-34(2)8-10-39-29(37)27-25(18-5-3-4-6-24(18)36)26-23(13-20(31)17-7-9-38-28(17)26)35(27)14-16-11-21-22(12-19(16)30)33-15-32-21/h3-5,7,9,11-13,15H,6,8,10,14H2,1-2H3,(H,32,33). The van der Waals surface area contributed by atoms with Crippen molar-refractivity contribution in [2.45, 2.75) is 13.0 Å². The number of aromatic nitrogens is 3. The summed E-state index contributed by atoms with van der Waals surface area (Å²) < 4.78 is 28.4. The molecule has 5 aromatic rings. The van der Waals surface area contributed by atoms with Crippen molar-refractivity contribution in [3.8, 4) is 0 Å². The minimum Gasteiger partial charge on any atom is -0.463 e. The molecule has 0 spiro atoms. The summed E-state index contributed by atoms with van der Waals surface area (Å²) in [5.41, 5.74) is 3.57. The molecule has 0 radical (unpaired) electrons. The first-order chi connectivity index (χ1) is 18.8. The lowest BCUT2D eigenvalue weighted by molar-refractivity contribution is -0.113. The molecule has 0 aliphatic heterocycles. The number of ether oxygens (including phenoxy) is 1. The van der Waals surface area contributed by atoms with Gasteiger partial charge in [-0.2, -0.15) is 0 Å². The van der Waals surface area contributed by atoms with Gasteiger partial charge in [-0.1, -0.05) is 29.8 Å². The summed E-state index contributed by atoms with van der Waals surface area (Å²) in [5, 5.41) is 1.15. The summed E-state index contributed by atoms with van der Waals surface area (Å²) >= 11 is 6.64. The van der Waals surface area contributed by atoms with Crippen LogP contribution in [0, 0.1) is 5.82 Å². The molecule has 0 atom stereocenters. The molecule has 0 saturated carbocycles. The van der Waals surface area contributed by atoms with Gasteiger partial charge < -0.3 is 23.6 Å². The van der Waals surface area contributed by atoms with Crippen molar-refractivity contribution in [3.63, 3.8) is 0 Å². The van der Waals surface area contributed by atoms with Gasteiger partial charge >= 0.3 is 5.97 Å². The number of Topliss-reactive ketones (excluding diaryl/α,β-unsaturated/α-hetero) is 1. The second-order valence-electron chi connectivity index (χ2n) is 9.66. The Balaban J connectivity index is 1.65. The molecule has 3 heterocycles. The predicted molar refractivity (Wildman–Crippen MR) is 147 cm³/mol. The highest BCUT2D eigenvalue weighted by Gasteiger charge is 2.32. The monoisotopic (exact) mass is 546 g/mol. The van der Waals surface area contributed by atoms with Crippen molar-refractivity contribution in [2.24, 2.45) is 0 Å². The number of nitrogens with one attached hydrogen (secondary N) is 1. The maximum Gasteiger partial charge on any atom is 0.355 e. The first-order valence-corrected chi connectivity index (χ1v) is 12.8. The molecule has 3 aromatic heterocycles. The fourth-order valence-electron chi connectivity index (χ4n) is 4.99. The zero-order valence-electron chi connectivity index (χ0n) is 21.3. The Bertz CT molecular complexity index is 1840. The number of carbonyl (C=O) groups excluding carboxylic acids is 2. The smallest absolute Gasteiger partial charge is 0.355 e. The molecule has 10 heteroatoms. The second kappa shape index (κ2) is 9.83. The zero-order valence-corrected chi connectivity index (χ0v) is 22.0. The van der Waals surface area contributed by atoms with E-state index in [1.54, 1.807) is 35.2 Å². The number of imidazole rings is 1. The number of esters is 1. The van der Waals surface area contributed by atoms with Crippen LogP contribution in [0.4, 0.5) is 4.39 Å². The van der Waals surface area contributed by atoms with Gasteiger partial charge in [-0.25, -0.2) is 14.2 Å². The van der Waals surface area contributed by atoms with Gasteiger partial charge in [-0.15, -0.1) is 0 Å². The number of carbonyl (C=O) groups is 2. The third-order valence-electron chi connectivity index (χ3n) is 6.87. The van der Waals surface area contributed by atoms with E-state index in [0.717, 1.165) is 5.52 Å². The maximum atomic E-state index is 15.3. The van der Waals surface area contributed by atoms with E-state index in [1.165, 1.54) is 18.4 Å². The summed E-state index contributed by atoms with van der Waals surface area (Å²) in [5.74, 6) is -1.31. The quantitative estimate of drug-likeness (QED) is 0.262. The van der Waals surface area contributed by atoms with Gasteiger partial charge in [0.05, 0.1) is 39.9 Å². The molecule has 0 bridgehead atoms. The number of halogens is 2. The number of benzene rings is 2. The Kier molecular flexibility index (Phi) is 6.32. The zero-order chi connectivity index (χ0) is 27.3. The van der Waals surface area contributed by atoms with Gasteiger partial charge in [-0.05, 0) is 43.9 Å². The number of hydrogen-bond donors (Lipinski definition) is 1. The molecular formula is C29H24ClFN4O4. The first-order valence-electron chi connectivity index (χ1n) is 12.4. The molecule has 6 rings (SSSR count). The van der Waals surface area contributed by atoms with E-state index in [4.69, 9.17) is 20.8 Å². The Morgan fingerprint density at radius 2 is 2.15 bits per heavy atom. The van der Waals surface area contributed by atoms with Gasteiger partial charge in [0.1, 0.15) is 23.7 Å². The lowest BCUT2D eigenvalue weighted by atomic mass is 9.93. The summed E-state index contributed by atoms with van der Waals surface area (Å²) in [6.45, 7) is 0.738. The Hall–Kier alpha value is -4.21. The summed E-state index contributed by atoms with van der Waals surface area (Å²) in [6.07, 6.45) is 8.33. The van der Waals surface area contributed by atoms with Crippen LogP contribution >= 0.6 is 11.6 Å². The molecule has 0 amide bonds. The number of aromatic amines is 1. The van der Waals surface area contributed by atoms with Crippen LogP contribution in [0.2, 0.25) is 5.02 Å². The van der Waals surface area contributed by atoms with Gasteiger partial charge in [0.15, 0.2) is 5.78 Å². The highest BCUT2D eigenvalue weighted by atomic mass is 35.5. The molecule has 198 valence electrons. The molecule has 0 unspecified atom stereocenters. The largest absolute Gasteiger partial charge is 0.463 e. The minimum absolute atomic E-state index is 0.103. The van der Waals surface area contributed by atoms with Crippen molar-refractivity contribution >= 4 is 61.8 Å². The van der Waals surface area contributed by atoms with Crippen LogP contribution in [0.5, 0.6) is 0 Å². The number of allylic oxidation sites excluding steroid dienone is 4. The van der Waals surface area contributed by atoms with Crippen LogP contribution in [0.15, 0.2) is 59.5 Å². The molecule has 1 aliphatic rings. The Labute approximate surface area is 227 Å². The second-order valence-corrected chi connectivity index (χ2v) is 10.1. The van der Waals surface area contributed by atoms with E-state index < -0.39 is 11.8 Å². The number of nitrogens with zero attached hydrogens (tertiary/aromatic N) is 3. The number of fused-ring (bicyclic) bond motifs is 4. The van der Waals surface area contributed by atoms with Crippen LogP contribution in [0.1, 0.15) is 28.0 Å². The number of ketones is 1. The molecule has 1 aliphatic carbocycles. The van der Waals surface area contributed by atoms with E-state index in [-0.39, 0.29) is 42.0 Å². The average Bonchev–Trinajstić information content (AvgIpc) is 3.62. The van der Waals surface area contributed by atoms with Gasteiger partial charge in [0.2, 0.25) is 0 Å². The highest BCUT2D eigenvalue weighted by Crippen LogP contribution is 2.41. The molecular weight excluding hydrogens is 523 g/mol. The van der Waals surface area contributed by atoms with E-state index in [2.05, 4.69) is 9.97 Å². The first kappa shape index (κ1) is 25.1. The van der Waals surface area contributed by atoms with E-state index in [9.17, 15) is 9.59 Å². The van der Waals surface area contributed by atoms with Crippen LogP contribution < -0.4 is 0 Å². The van der Waals surface area contributed by atoms with Crippen LogP contribution in [0.3, 0.4) is 0 Å².